The molecule has 3 heterocycles. The van der Waals surface area contributed by atoms with Crippen LogP contribution in [0.5, 0.6) is 0 Å². The van der Waals surface area contributed by atoms with Crippen LogP contribution >= 0.6 is 0 Å². The lowest BCUT2D eigenvalue weighted by Crippen LogP contribution is -2.60. The molecule has 2 bridgehead atoms. The van der Waals surface area contributed by atoms with Gasteiger partial charge in [0.15, 0.2) is 5.78 Å². The van der Waals surface area contributed by atoms with Crippen molar-refractivity contribution in [3.05, 3.63) is 35.9 Å². The van der Waals surface area contributed by atoms with Crippen LogP contribution in [-0.4, -0.2) is 36.7 Å². The Kier molecular flexibility index (Phi) is 4.13. The zero-order chi connectivity index (χ0) is 18.5. The third-order valence-corrected chi connectivity index (χ3v) is 7.34. The molecule has 1 aromatic carbocycles. The van der Waals surface area contributed by atoms with Gasteiger partial charge in [-0.15, -0.1) is 0 Å². The first-order valence-electron chi connectivity index (χ1n) is 10.2. The van der Waals surface area contributed by atoms with E-state index in [0.29, 0.717) is 25.7 Å². The molecule has 0 amide bonds. The molecule has 1 aromatic rings. The Morgan fingerprint density at radius 1 is 1.19 bits per heavy atom. The Hall–Kier alpha value is -1.72. The molecule has 27 heavy (non-hydrogen) atoms. The molecule has 5 rings (SSSR count). The van der Waals surface area contributed by atoms with Gasteiger partial charge in [-0.3, -0.25) is 9.59 Å². The van der Waals surface area contributed by atoms with Crippen LogP contribution in [0.25, 0.3) is 0 Å². The highest BCUT2D eigenvalue weighted by Gasteiger charge is 2.75. The minimum Gasteiger partial charge on any atom is -0.464 e. The van der Waals surface area contributed by atoms with E-state index in [-0.39, 0.29) is 17.4 Å². The average Bonchev–Trinajstić information content (AvgIpc) is 3.32. The highest BCUT2D eigenvalue weighted by Crippen LogP contribution is 2.66. The molecule has 4 aliphatic rings. The van der Waals surface area contributed by atoms with Crippen LogP contribution in [0.2, 0.25) is 0 Å². The number of carbonyl (C=O) groups excluding carboxylic acids is 2. The molecule has 0 unspecified atom stereocenters. The molecule has 5 nitrogen and oxygen atoms in total. The van der Waals surface area contributed by atoms with Gasteiger partial charge in [-0.05, 0) is 43.6 Å². The second kappa shape index (κ2) is 6.42. The number of ketones is 1. The minimum atomic E-state index is -0.631. The molecule has 5 heteroatoms. The van der Waals surface area contributed by atoms with Gasteiger partial charge in [0.25, 0.3) is 0 Å². The van der Waals surface area contributed by atoms with Crippen LogP contribution in [0, 0.1) is 17.3 Å². The number of fused-ring (bicyclic) bond motifs is 2. The summed E-state index contributed by atoms with van der Waals surface area (Å²) in [4.78, 5) is 25.4. The Balaban J connectivity index is 1.31. The molecular formula is C22H26O5. The second-order valence-electron chi connectivity index (χ2n) is 8.56. The maximum Gasteiger partial charge on any atom is 0.317 e. The van der Waals surface area contributed by atoms with Gasteiger partial charge in [-0.1, -0.05) is 36.8 Å². The number of cyclic esters (lactones) is 1. The van der Waals surface area contributed by atoms with Crippen molar-refractivity contribution in [2.75, 3.05) is 13.2 Å². The topological polar surface area (TPSA) is 61.8 Å². The van der Waals surface area contributed by atoms with Gasteiger partial charge in [0.1, 0.15) is 18.6 Å². The second-order valence-corrected chi connectivity index (χ2v) is 8.56. The fraction of sp³-hybridized carbons (Fsp3) is 0.636. The predicted octanol–water partition coefficient (Wildman–Crippen LogP) is 3.05. The van der Waals surface area contributed by atoms with E-state index in [4.69, 9.17) is 14.2 Å². The molecule has 1 saturated carbocycles. The Bertz CT molecular complexity index is 746. The molecule has 1 spiro atoms. The summed E-state index contributed by atoms with van der Waals surface area (Å²) in [6.45, 7) is 1.51. The van der Waals surface area contributed by atoms with Gasteiger partial charge in [0, 0.05) is 6.61 Å². The minimum absolute atomic E-state index is 0.0391. The number of Topliss-reactive ketones (excluding diaryl/α,β-unsaturated/α-hetero) is 1. The fourth-order valence-electron chi connectivity index (χ4n) is 6.23. The summed E-state index contributed by atoms with van der Waals surface area (Å²) in [6, 6.07) is 10.1. The monoisotopic (exact) mass is 370 g/mol. The van der Waals surface area contributed by atoms with E-state index in [1.807, 2.05) is 30.3 Å². The molecule has 5 atom stereocenters. The lowest BCUT2D eigenvalue weighted by Gasteiger charge is -2.50. The molecule has 4 fully saturated rings. The number of esters is 1. The van der Waals surface area contributed by atoms with Crippen LogP contribution in [0.1, 0.15) is 44.1 Å². The Morgan fingerprint density at radius 3 is 2.89 bits per heavy atom. The van der Waals surface area contributed by atoms with Crippen molar-refractivity contribution in [2.45, 2.75) is 56.8 Å². The lowest BCUT2D eigenvalue weighted by atomic mass is 9.59. The summed E-state index contributed by atoms with van der Waals surface area (Å²) in [6.07, 6.45) is 5.08. The molecule has 0 radical (unpaired) electrons. The van der Waals surface area contributed by atoms with Crippen molar-refractivity contribution < 1.29 is 23.8 Å². The summed E-state index contributed by atoms with van der Waals surface area (Å²) >= 11 is 0. The quantitative estimate of drug-likeness (QED) is 0.438. The van der Waals surface area contributed by atoms with E-state index >= 15 is 0 Å². The summed E-state index contributed by atoms with van der Waals surface area (Å²) < 4.78 is 17.7. The highest BCUT2D eigenvalue weighted by atomic mass is 16.6. The number of rotatable bonds is 6. The van der Waals surface area contributed by atoms with Gasteiger partial charge in [0.2, 0.25) is 0 Å². The zero-order valence-corrected chi connectivity index (χ0v) is 15.5. The van der Waals surface area contributed by atoms with Crippen LogP contribution in [0.4, 0.5) is 0 Å². The average molecular weight is 370 g/mol. The number of carbonyl (C=O) groups is 2. The Labute approximate surface area is 159 Å². The smallest absolute Gasteiger partial charge is 0.317 e. The van der Waals surface area contributed by atoms with Gasteiger partial charge in [-0.25, -0.2) is 0 Å². The first-order chi connectivity index (χ1) is 13.2. The van der Waals surface area contributed by atoms with Crippen molar-refractivity contribution in [2.24, 2.45) is 17.3 Å². The van der Waals surface area contributed by atoms with Gasteiger partial charge in [0.05, 0.1) is 17.6 Å². The number of ether oxygens (including phenoxy) is 3. The molecule has 1 aliphatic carbocycles. The van der Waals surface area contributed by atoms with Crippen molar-refractivity contribution in [3.8, 4) is 0 Å². The number of hydrogen-bond acceptors (Lipinski definition) is 5. The summed E-state index contributed by atoms with van der Waals surface area (Å²) in [5.74, 6) is -0.613. The largest absolute Gasteiger partial charge is 0.464 e. The van der Waals surface area contributed by atoms with E-state index in [2.05, 4.69) is 0 Å². The number of benzene rings is 1. The number of hydrogen-bond donors (Lipinski definition) is 0. The standard InChI is InChI=1S/C22H26O5/c23-19-17-12-16-8-4-10-22(16,27-17)21(14-26-20(24)18(19)21)9-5-11-25-13-15-6-2-1-3-7-15/h1-3,6-7,16-18H,4-5,8-14H2/t16-,17+,18-,21+,22-/m0/s1. The van der Waals surface area contributed by atoms with Crippen molar-refractivity contribution in [3.63, 3.8) is 0 Å². The van der Waals surface area contributed by atoms with E-state index in [1.54, 1.807) is 0 Å². The van der Waals surface area contributed by atoms with Crippen molar-refractivity contribution in [1.29, 1.82) is 0 Å². The molecule has 0 N–H and O–H groups in total. The van der Waals surface area contributed by atoms with Gasteiger partial charge < -0.3 is 14.2 Å². The van der Waals surface area contributed by atoms with Crippen LogP contribution in [-0.2, 0) is 30.4 Å². The first kappa shape index (κ1) is 17.4. The van der Waals surface area contributed by atoms with E-state index < -0.39 is 17.4 Å². The summed E-state index contributed by atoms with van der Waals surface area (Å²) in [5, 5.41) is 0. The zero-order valence-electron chi connectivity index (χ0n) is 15.5. The maximum absolute atomic E-state index is 12.9. The fourth-order valence-corrected chi connectivity index (χ4v) is 6.23. The molecule has 0 aromatic heterocycles. The van der Waals surface area contributed by atoms with Crippen LogP contribution in [0.15, 0.2) is 30.3 Å². The predicted molar refractivity (Wildman–Crippen MR) is 96.8 cm³/mol. The van der Waals surface area contributed by atoms with Crippen LogP contribution < -0.4 is 0 Å². The lowest BCUT2D eigenvalue weighted by molar-refractivity contribution is -0.195. The maximum atomic E-state index is 12.9. The highest BCUT2D eigenvalue weighted by molar-refractivity contribution is 6.04. The first-order valence-corrected chi connectivity index (χ1v) is 10.2. The van der Waals surface area contributed by atoms with E-state index in [9.17, 15) is 9.59 Å². The van der Waals surface area contributed by atoms with Crippen molar-refractivity contribution in [1.82, 2.24) is 0 Å². The SMILES string of the molecule is O=C1OC[C@]2(CCCOCc3ccccc3)[C@H]1C(=O)[C@H]1C[C@@H]3CCC[C@]32O1. The third-order valence-electron chi connectivity index (χ3n) is 7.34. The molecule has 3 aliphatic heterocycles. The van der Waals surface area contributed by atoms with Gasteiger partial charge in [-0.2, -0.15) is 0 Å². The van der Waals surface area contributed by atoms with Gasteiger partial charge >= 0.3 is 5.97 Å². The Morgan fingerprint density at radius 2 is 2.04 bits per heavy atom. The van der Waals surface area contributed by atoms with E-state index in [1.165, 1.54) is 0 Å². The molecular weight excluding hydrogens is 344 g/mol. The van der Waals surface area contributed by atoms with E-state index in [0.717, 1.165) is 44.1 Å². The van der Waals surface area contributed by atoms with Crippen LogP contribution in [0.3, 0.4) is 0 Å². The molecule has 144 valence electrons. The normalized spacial score (nSPS) is 39.3. The summed E-state index contributed by atoms with van der Waals surface area (Å²) in [5.41, 5.74) is 0.310. The van der Waals surface area contributed by atoms with Crippen molar-refractivity contribution >= 4 is 11.8 Å². The third kappa shape index (κ3) is 2.44. The molecule has 3 saturated heterocycles. The summed E-state index contributed by atoms with van der Waals surface area (Å²) in [7, 11) is 0.